The summed E-state index contributed by atoms with van der Waals surface area (Å²) in [6.45, 7) is 7.86. The second kappa shape index (κ2) is 4.93. The number of hydrogen-bond acceptors (Lipinski definition) is 3. The summed E-state index contributed by atoms with van der Waals surface area (Å²) < 4.78 is 2.35. The number of piperidine rings is 1. The van der Waals surface area contributed by atoms with Crippen LogP contribution in [0.2, 0.25) is 0 Å². The van der Waals surface area contributed by atoms with Crippen molar-refractivity contribution < 1.29 is 0 Å². The topological polar surface area (TPSA) is 42.7 Å². The second-order valence-corrected chi connectivity index (χ2v) is 5.93. The molecule has 0 spiro atoms. The van der Waals surface area contributed by atoms with Gasteiger partial charge in [0.15, 0.2) is 0 Å². The standard InChI is InChI=1S/C15H22N4/c1-10(2)19-14-5-6-16-9-13(14)18-15(19)12-8-11(3)4-7-17-12/h5-6,9-12,17H,4,7-8H2,1-3H3. The van der Waals surface area contributed by atoms with Crippen LogP contribution in [0, 0.1) is 5.92 Å². The number of fused-ring (bicyclic) bond motifs is 1. The van der Waals surface area contributed by atoms with Crippen LogP contribution in [0.1, 0.15) is 51.5 Å². The van der Waals surface area contributed by atoms with Gasteiger partial charge in [-0.1, -0.05) is 6.92 Å². The molecule has 4 nitrogen and oxygen atoms in total. The van der Waals surface area contributed by atoms with E-state index in [1.54, 1.807) is 0 Å². The molecule has 0 amide bonds. The van der Waals surface area contributed by atoms with Crippen molar-refractivity contribution in [3.63, 3.8) is 0 Å². The van der Waals surface area contributed by atoms with Gasteiger partial charge in [0.05, 0.1) is 17.8 Å². The molecule has 19 heavy (non-hydrogen) atoms. The fourth-order valence-electron chi connectivity index (χ4n) is 3.06. The highest BCUT2D eigenvalue weighted by atomic mass is 15.1. The molecule has 0 bridgehead atoms. The molecule has 0 saturated carbocycles. The van der Waals surface area contributed by atoms with E-state index in [1.165, 1.54) is 24.2 Å². The van der Waals surface area contributed by atoms with E-state index >= 15 is 0 Å². The van der Waals surface area contributed by atoms with Gasteiger partial charge in [-0.3, -0.25) is 4.98 Å². The molecule has 1 aliphatic rings. The molecule has 1 N–H and O–H groups in total. The minimum absolute atomic E-state index is 0.374. The first-order chi connectivity index (χ1) is 9.16. The summed E-state index contributed by atoms with van der Waals surface area (Å²) in [5.41, 5.74) is 2.20. The Hall–Kier alpha value is -1.42. The van der Waals surface area contributed by atoms with E-state index < -0.39 is 0 Å². The molecule has 0 aromatic carbocycles. The monoisotopic (exact) mass is 258 g/mol. The molecule has 2 atom stereocenters. The summed E-state index contributed by atoms with van der Waals surface area (Å²) in [4.78, 5) is 9.02. The molecule has 102 valence electrons. The van der Waals surface area contributed by atoms with E-state index in [0.717, 1.165) is 18.0 Å². The Bertz CT molecular complexity index is 573. The van der Waals surface area contributed by atoms with E-state index in [4.69, 9.17) is 4.98 Å². The van der Waals surface area contributed by atoms with E-state index in [0.29, 0.717) is 12.1 Å². The third-order valence-electron chi connectivity index (χ3n) is 4.01. The van der Waals surface area contributed by atoms with Gasteiger partial charge < -0.3 is 9.88 Å². The Labute approximate surface area is 114 Å². The lowest BCUT2D eigenvalue weighted by atomic mass is 9.94. The van der Waals surface area contributed by atoms with E-state index in [2.05, 4.69) is 41.7 Å². The number of pyridine rings is 1. The molecule has 3 heterocycles. The summed E-state index contributed by atoms with van der Waals surface area (Å²) >= 11 is 0. The summed E-state index contributed by atoms with van der Waals surface area (Å²) in [6, 6.07) is 2.86. The average Bonchev–Trinajstić information content (AvgIpc) is 2.78. The summed E-state index contributed by atoms with van der Waals surface area (Å²) in [7, 11) is 0. The molecule has 0 aliphatic carbocycles. The van der Waals surface area contributed by atoms with Gasteiger partial charge in [0.1, 0.15) is 11.3 Å². The van der Waals surface area contributed by atoms with Crippen LogP contribution in [0.5, 0.6) is 0 Å². The van der Waals surface area contributed by atoms with Gasteiger partial charge in [0, 0.05) is 12.2 Å². The van der Waals surface area contributed by atoms with Crippen molar-refractivity contribution >= 4 is 11.0 Å². The second-order valence-electron chi connectivity index (χ2n) is 5.93. The van der Waals surface area contributed by atoms with Crippen molar-refractivity contribution in [2.24, 2.45) is 5.92 Å². The van der Waals surface area contributed by atoms with Crippen LogP contribution >= 0.6 is 0 Å². The molecule has 1 saturated heterocycles. The minimum atomic E-state index is 0.374. The summed E-state index contributed by atoms with van der Waals surface area (Å²) in [6.07, 6.45) is 6.15. The van der Waals surface area contributed by atoms with Gasteiger partial charge in [-0.25, -0.2) is 4.98 Å². The first kappa shape index (κ1) is 12.6. The SMILES string of the molecule is CC1CCNC(c2nc3cnccc3n2C(C)C)C1. The zero-order valence-electron chi connectivity index (χ0n) is 11.9. The Kier molecular flexibility index (Phi) is 3.27. The van der Waals surface area contributed by atoms with Gasteiger partial charge in [0.25, 0.3) is 0 Å². The number of nitrogens with zero attached hydrogens (tertiary/aromatic N) is 3. The number of rotatable bonds is 2. The molecular formula is C15H22N4. The maximum absolute atomic E-state index is 4.83. The first-order valence-corrected chi connectivity index (χ1v) is 7.22. The lowest BCUT2D eigenvalue weighted by Crippen LogP contribution is -2.33. The third-order valence-corrected chi connectivity index (χ3v) is 4.01. The predicted molar refractivity (Wildman–Crippen MR) is 77.1 cm³/mol. The Balaban J connectivity index is 2.09. The Morgan fingerprint density at radius 1 is 1.42 bits per heavy atom. The van der Waals surface area contributed by atoms with E-state index in [1.807, 2.05) is 12.4 Å². The Morgan fingerprint density at radius 2 is 2.26 bits per heavy atom. The van der Waals surface area contributed by atoms with Crippen molar-refractivity contribution in [1.82, 2.24) is 19.9 Å². The van der Waals surface area contributed by atoms with Crippen molar-refractivity contribution in [3.8, 4) is 0 Å². The first-order valence-electron chi connectivity index (χ1n) is 7.22. The number of nitrogens with one attached hydrogen (secondary N) is 1. The van der Waals surface area contributed by atoms with Gasteiger partial charge >= 0.3 is 0 Å². The molecule has 1 fully saturated rings. The number of aromatic nitrogens is 3. The highest BCUT2D eigenvalue weighted by molar-refractivity contribution is 5.75. The summed E-state index contributed by atoms with van der Waals surface area (Å²) in [5.74, 6) is 1.94. The maximum atomic E-state index is 4.83. The van der Waals surface area contributed by atoms with Crippen LogP contribution in [0.3, 0.4) is 0 Å². The lowest BCUT2D eigenvalue weighted by molar-refractivity contribution is 0.307. The van der Waals surface area contributed by atoms with Crippen LogP contribution in [0.25, 0.3) is 11.0 Å². The van der Waals surface area contributed by atoms with Gasteiger partial charge in [0.2, 0.25) is 0 Å². The van der Waals surface area contributed by atoms with Crippen LogP contribution in [0.15, 0.2) is 18.5 Å². The number of hydrogen-bond donors (Lipinski definition) is 1. The average molecular weight is 258 g/mol. The van der Waals surface area contributed by atoms with Crippen LogP contribution in [0.4, 0.5) is 0 Å². The zero-order valence-corrected chi connectivity index (χ0v) is 11.9. The molecule has 0 radical (unpaired) electrons. The summed E-state index contributed by atoms with van der Waals surface area (Å²) in [5, 5.41) is 3.62. The van der Waals surface area contributed by atoms with E-state index in [-0.39, 0.29) is 0 Å². The molecule has 1 aliphatic heterocycles. The maximum Gasteiger partial charge on any atom is 0.127 e. The fraction of sp³-hybridized carbons (Fsp3) is 0.600. The zero-order chi connectivity index (χ0) is 13.4. The van der Waals surface area contributed by atoms with Crippen molar-refractivity contribution in [3.05, 3.63) is 24.3 Å². The quantitative estimate of drug-likeness (QED) is 0.900. The highest BCUT2D eigenvalue weighted by Crippen LogP contribution is 2.30. The van der Waals surface area contributed by atoms with Crippen LogP contribution in [-0.2, 0) is 0 Å². The van der Waals surface area contributed by atoms with E-state index in [9.17, 15) is 0 Å². The molecule has 2 aromatic heterocycles. The molecule has 4 heteroatoms. The fourth-order valence-corrected chi connectivity index (χ4v) is 3.06. The van der Waals surface area contributed by atoms with Gasteiger partial charge in [-0.2, -0.15) is 0 Å². The molecular weight excluding hydrogens is 236 g/mol. The third kappa shape index (κ3) is 2.25. The predicted octanol–water partition coefficient (Wildman–Crippen LogP) is 3.07. The molecule has 2 unspecified atom stereocenters. The van der Waals surface area contributed by atoms with Crippen LogP contribution in [-0.4, -0.2) is 21.1 Å². The molecule has 3 rings (SSSR count). The lowest BCUT2D eigenvalue weighted by Gasteiger charge is -2.29. The van der Waals surface area contributed by atoms with Crippen LogP contribution < -0.4 is 5.32 Å². The van der Waals surface area contributed by atoms with Gasteiger partial charge in [-0.15, -0.1) is 0 Å². The van der Waals surface area contributed by atoms with Crippen molar-refractivity contribution in [2.45, 2.75) is 45.7 Å². The van der Waals surface area contributed by atoms with Crippen molar-refractivity contribution in [1.29, 1.82) is 0 Å². The highest BCUT2D eigenvalue weighted by Gasteiger charge is 2.25. The van der Waals surface area contributed by atoms with Gasteiger partial charge in [-0.05, 0) is 45.2 Å². The molecule has 2 aromatic rings. The normalized spacial score (nSPS) is 24.2. The smallest absolute Gasteiger partial charge is 0.127 e. The van der Waals surface area contributed by atoms with Crippen molar-refractivity contribution in [2.75, 3.05) is 6.54 Å². The largest absolute Gasteiger partial charge is 0.324 e. The minimum Gasteiger partial charge on any atom is -0.324 e. The number of imidazole rings is 1. The Morgan fingerprint density at radius 3 is 3.00 bits per heavy atom.